The maximum atomic E-state index is 13.3. The molecule has 24 heavy (non-hydrogen) atoms. The summed E-state index contributed by atoms with van der Waals surface area (Å²) < 4.78 is 15.7. The molecule has 0 aliphatic heterocycles. The van der Waals surface area contributed by atoms with Crippen molar-refractivity contribution in [1.82, 2.24) is 20.1 Å². The third kappa shape index (κ3) is 3.71. The largest absolute Gasteiger partial charge is 0.306 e. The number of benzene rings is 1. The van der Waals surface area contributed by atoms with E-state index >= 15 is 0 Å². The molecule has 0 aliphatic carbocycles. The number of aromatic nitrogens is 3. The molecule has 0 amide bonds. The molecule has 124 valence electrons. The van der Waals surface area contributed by atoms with Gasteiger partial charge in [-0.1, -0.05) is 6.07 Å². The third-order valence-corrected chi connectivity index (χ3v) is 4.58. The van der Waals surface area contributed by atoms with Crippen molar-refractivity contribution in [3.05, 3.63) is 76.0 Å². The Morgan fingerprint density at radius 1 is 1.25 bits per heavy atom. The van der Waals surface area contributed by atoms with Gasteiger partial charge in [-0.2, -0.15) is 5.10 Å². The number of rotatable bonds is 5. The molecule has 1 N–H and O–H groups in total. The first-order valence-electron chi connectivity index (χ1n) is 7.68. The minimum absolute atomic E-state index is 0.102. The van der Waals surface area contributed by atoms with Crippen molar-refractivity contribution in [2.24, 2.45) is 0 Å². The van der Waals surface area contributed by atoms with Crippen LogP contribution in [0.5, 0.6) is 0 Å². The van der Waals surface area contributed by atoms with Gasteiger partial charge in [-0.25, -0.2) is 9.07 Å². The van der Waals surface area contributed by atoms with Crippen LogP contribution in [0.2, 0.25) is 0 Å². The maximum Gasteiger partial charge on any atom is 0.137 e. The van der Waals surface area contributed by atoms with Crippen LogP contribution in [-0.2, 0) is 6.54 Å². The normalized spacial score (nSPS) is 12.3. The maximum absolute atomic E-state index is 13.3. The van der Waals surface area contributed by atoms with Crippen molar-refractivity contribution in [3.63, 3.8) is 0 Å². The highest BCUT2D eigenvalue weighted by Crippen LogP contribution is 2.22. The lowest BCUT2D eigenvalue weighted by Gasteiger charge is -2.14. The molecule has 0 fully saturated rings. The lowest BCUT2D eigenvalue weighted by molar-refractivity contribution is 0.568. The number of aryl methyl sites for hydroxylation is 1. The van der Waals surface area contributed by atoms with Gasteiger partial charge in [-0.3, -0.25) is 4.98 Å². The Morgan fingerprint density at radius 3 is 2.71 bits per heavy atom. The molecular weight excluding hydrogens is 371 g/mol. The number of hydrogen-bond donors (Lipinski definition) is 1. The van der Waals surface area contributed by atoms with E-state index in [2.05, 4.69) is 38.3 Å². The number of nitrogens with one attached hydrogen (secondary N) is 1. The summed E-state index contributed by atoms with van der Waals surface area (Å²) in [7, 11) is 0. The van der Waals surface area contributed by atoms with E-state index < -0.39 is 0 Å². The van der Waals surface area contributed by atoms with Crippen molar-refractivity contribution in [2.75, 3.05) is 0 Å². The molecule has 3 rings (SSSR count). The zero-order valence-electron chi connectivity index (χ0n) is 13.5. The standard InChI is InChI=1S/C18H18BrFN4/c1-12(14-3-4-18(20)17(19)9-14)22-10-15-11-24(23-13(15)2)16-5-7-21-8-6-16/h3-9,11-12,22H,10H2,1-2H3/t12-/m1/s1. The van der Waals surface area contributed by atoms with E-state index in [1.807, 2.05) is 29.9 Å². The lowest BCUT2D eigenvalue weighted by atomic mass is 10.1. The Bertz CT molecular complexity index is 832. The van der Waals surface area contributed by atoms with Gasteiger partial charge < -0.3 is 5.32 Å². The molecule has 1 aromatic carbocycles. The molecule has 0 aliphatic rings. The summed E-state index contributed by atoms with van der Waals surface area (Å²) >= 11 is 3.23. The molecule has 2 aromatic heterocycles. The average Bonchev–Trinajstić information content (AvgIpc) is 2.97. The van der Waals surface area contributed by atoms with Gasteiger partial charge in [0, 0.05) is 36.7 Å². The van der Waals surface area contributed by atoms with Crippen molar-refractivity contribution >= 4 is 15.9 Å². The fraction of sp³-hybridized carbons (Fsp3) is 0.222. The van der Waals surface area contributed by atoms with Crippen molar-refractivity contribution in [1.29, 1.82) is 0 Å². The molecule has 0 unspecified atom stereocenters. The summed E-state index contributed by atoms with van der Waals surface area (Å²) in [6, 6.07) is 9.02. The second-order valence-corrected chi connectivity index (χ2v) is 6.52. The molecule has 1 atom stereocenters. The van der Waals surface area contributed by atoms with Gasteiger partial charge >= 0.3 is 0 Å². The van der Waals surface area contributed by atoms with Crippen molar-refractivity contribution in [2.45, 2.75) is 26.4 Å². The molecule has 0 bridgehead atoms. The lowest BCUT2D eigenvalue weighted by Crippen LogP contribution is -2.18. The first-order chi connectivity index (χ1) is 11.5. The Labute approximate surface area is 148 Å². The van der Waals surface area contributed by atoms with Gasteiger partial charge in [0.25, 0.3) is 0 Å². The SMILES string of the molecule is Cc1nn(-c2ccncc2)cc1CN[C@H](C)c1ccc(F)c(Br)c1. The smallest absolute Gasteiger partial charge is 0.137 e. The summed E-state index contributed by atoms with van der Waals surface area (Å²) in [5.41, 5.74) is 4.11. The van der Waals surface area contributed by atoms with Gasteiger partial charge in [-0.15, -0.1) is 0 Å². The fourth-order valence-electron chi connectivity index (χ4n) is 2.46. The second-order valence-electron chi connectivity index (χ2n) is 5.67. The van der Waals surface area contributed by atoms with E-state index in [1.54, 1.807) is 24.5 Å². The first kappa shape index (κ1) is 16.8. The average molecular weight is 389 g/mol. The van der Waals surface area contributed by atoms with Crippen LogP contribution in [0.1, 0.15) is 29.8 Å². The van der Waals surface area contributed by atoms with Crippen molar-refractivity contribution < 1.29 is 4.39 Å². The molecule has 0 radical (unpaired) electrons. The minimum Gasteiger partial charge on any atom is -0.306 e. The van der Waals surface area contributed by atoms with E-state index in [9.17, 15) is 4.39 Å². The summed E-state index contributed by atoms with van der Waals surface area (Å²) in [5.74, 6) is -0.250. The van der Waals surface area contributed by atoms with Crippen LogP contribution in [0.15, 0.2) is 53.4 Å². The molecule has 0 saturated carbocycles. The Morgan fingerprint density at radius 2 is 2.00 bits per heavy atom. The number of hydrogen-bond acceptors (Lipinski definition) is 3. The Hall–Kier alpha value is -2.05. The zero-order valence-corrected chi connectivity index (χ0v) is 15.1. The zero-order chi connectivity index (χ0) is 17.1. The van der Waals surface area contributed by atoms with E-state index in [-0.39, 0.29) is 11.9 Å². The van der Waals surface area contributed by atoms with E-state index in [1.165, 1.54) is 6.07 Å². The van der Waals surface area contributed by atoms with E-state index in [4.69, 9.17) is 0 Å². The van der Waals surface area contributed by atoms with Gasteiger partial charge in [0.1, 0.15) is 5.82 Å². The Kier molecular flexibility index (Phi) is 5.06. The van der Waals surface area contributed by atoms with Crippen LogP contribution in [0.3, 0.4) is 0 Å². The summed E-state index contributed by atoms with van der Waals surface area (Å²) in [5, 5.41) is 8.01. The number of halogens is 2. The van der Waals surface area contributed by atoms with Gasteiger partial charge in [0.2, 0.25) is 0 Å². The predicted molar refractivity (Wildman–Crippen MR) is 95.5 cm³/mol. The van der Waals surface area contributed by atoms with Crippen LogP contribution in [0.25, 0.3) is 5.69 Å². The molecule has 0 spiro atoms. The molecule has 4 nitrogen and oxygen atoms in total. The Balaban J connectivity index is 1.70. The number of pyridine rings is 1. The molecule has 3 aromatic rings. The highest BCUT2D eigenvalue weighted by Gasteiger charge is 2.11. The second kappa shape index (κ2) is 7.23. The summed E-state index contributed by atoms with van der Waals surface area (Å²) in [6.07, 6.45) is 5.52. The van der Waals surface area contributed by atoms with Crippen molar-refractivity contribution in [3.8, 4) is 5.69 Å². The van der Waals surface area contributed by atoms with Crippen LogP contribution in [0, 0.1) is 12.7 Å². The van der Waals surface area contributed by atoms with Crippen LogP contribution < -0.4 is 5.32 Å². The van der Waals surface area contributed by atoms with Crippen LogP contribution >= 0.6 is 15.9 Å². The van der Waals surface area contributed by atoms with E-state index in [0.717, 1.165) is 22.5 Å². The predicted octanol–water partition coefficient (Wildman–Crippen LogP) is 4.33. The highest BCUT2D eigenvalue weighted by atomic mass is 79.9. The summed E-state index contributed by atoms with van der Waals surface area (Å²) in [4.78, 5) is 4.02. The first-order valence-corrected chi connectivity index (χ1v) is 8.48. The molecule has 0 saturated heterocycles. The fourth-order valence-corrected chi connectivity index (χ4v) is 2.86. The highest BCUT2D eigenvalue weighted by molar-refractivity contribution is 9.10. The van der Waals surface area contributed by atoms with Crippen LogP contribution in [-0.4, -0.2) is 14.8 Å². The third-order valence-electron chi connectivity index (χ3n) is 3.97. The number of nitrogens with zero attached hydrogens (tertiary/aromatic N) is 3. The summed E-state index contributed by atoms with van der Waals surface area (Å²) in [6.45, 7) is 4.74. The minimum atomic E-state index is -0.250. The van der Waals surface area contributed by atoms with Gasteiger partial charge in [-0.05, 0) is 59.6 Å². The quantitative estimate of drug-likeness (QED) is 0.707. The van der Waals surface area contributed by atoms with E-state index in [0.29, 0.717) is 11.0 Å². The molecule has 2 heterocycles. The van der Waals surface area contributed by atoms with Gasteiger partial charge in [0.15, 0.2) is 0 Å². The topological polar surface area (TPSA) is 42.7 Å². The van der Waals surface area contributed by atoms with Gasteiger partial charge in [0.05, 0.1) is 15.9 Å². The monoisotopic (exact) mass is 388 g/mol. The molecule has 6 heteroatoms. The molecular formula is C18H18BrFN4. The van der Waals surface area contributed by atoms with Crippen LogP contribution in [0.4, 0.5) is 4.39 Å².